The summed E-state index contributed by atoms with van der Waals surface area (Å²) in [7, 11) is 0. The lowest BCUT2D eigenvalue weighted by Crippen LogP contribution is -2.48. The molecule has 3 aromatic rings. The third-order valence-electron chi connectivity index (χ3n) is 5.67. The van der Waals surface area contributed by atoms with Crippen LogP contribution in [0.2, 0.25) is 0 Å². The predicted octanol–water partition coefficient (Wildman–Crippen LogP) is 7.33. The number of fused-ring (bicyclic) bond motifs is 3. The van der Waals surface area contributed by atoms with Crippen LogP contribution < -0.4 is 0 Å². The molecular weight excluding hydrogens is 491 g/mol. The summed E-state index contributed by atoms with van der Waals surface area (Å²) < 4.78 is 23.5. The van der Waals surface area contributed by atoms with Gasteiger partial charge in [-0.05, 0) is 87.7 Å². The molecule has 0 amide bonds. The molecule has 172 valence electrons. The first-order chi connectivity index (χ1) is 14.9. The normalized spacial score (nSPS) is 19.9. The van der Waals surface area contributed by atoms with Gasteiger partial charge >= 0.3 is 6.09 Å². The highest BCUT2D eigenvalue weighted by Gasteiger charge is 2.42. The zero-order valence-corrected chi connectivity index (χ0v) is 21.8. The minimum atomic E-state index is -1.37. The average Bonchev–Trinajstić information content (AvgIpc) is 3.21. The second-order valence-corrected chi connectivity index (χ2v) is 12.7. The Balaban J connectivity index is 2.00. The maximum Gasteiger partial charge on any atom is 0.419 e. The highest BCUT2D eigenvalue weighted by atomic mass is 79.9. The SMILES string of the molecule is C[C@@H]1Cc2c(n(C(=O)OC(C)(C)C)c3ccccc23)[C@@H](c2ccc(Br)s2)N1CC(C)(C)F. The van der Waals surface area contributed by atoms with Gasteiger partial charge in [-0.2, -0.15) is 0 Å². The van der Waals surface area contributed by atoms with E-state index in [9.17, 15) is 9.18 Å². The third-order valence-corrected chi connectivity index (χ3v) is 7.35. The van der Waals surface area contributed by atoms with Gasteiger partial charge in [0.2, 0.25) is 0 Å². The van der Waals surface area contributed by atoms with E-state index in [1.165, 1.54) is 0 Å². The molecule has 4 rings (SSSR count). The summed E-state index contributed by atoms with van der Waals surface area (Å²) in [5.74, 6) is 0. The van der Waals surface area contributed by atoms with Crippen LogP contribution in [0.1, 0.15) is 63.7 Å². The summed E-state index contributed by atoms with van der Waals surface area (Å²) in [5, 5.41) is 1.06. The van der Waals surface area contributed by atoms with E-state index in [0.29, 0.717) is 0 Å². The first-order valence-electron chi connectivity index (χ1n) is 10.9. The van der Waals surface area contributed by atoms with Crippen molar-refractivity contribution in [1.29, 1.82) is 0 Å². The fourth-order valence-corrected chi connectivity index (χ4v) is 6.16. The van der Waals surface area contributed by atoms with E-state index in [4.69, 9.17) is 4.74 Å². The Kier molecular flexibility index (Phi) is 6.06. The van der Waals surface area contributed by atoms with Crippen molar-refractivity contribution in [2.75, 3.05) is 6.54 Å². The van der Waals surface area contributed by atoms with Gasteiger partial charge in [0.1, 0.15) is 11.3 Å². The van der Waals surface area contributed by atoms with Crippen LogP contribution in [0, 0.1) is 0 Å². The Labute approximate surface area is 201 Å². The van der Waals surface area contributed by atoms with E-state index in [-0.39, 0.29) is 18.6 Å². The number of carbonyl (C=O) groups is 1. The zero-order valence-electron chi connectivity index (χ0n) is 19.4. The summed E-state index contributed by atoms with van der Waals surface area (Å²) in [6.45, 7) is 11.2. The molecule has 0 bridgehead atoms. The predicted molar refractivity (Wildman–Crippen MR) is 132 cm³/mol. The zero-order chi connectivity index (χ0) is 23.4. The van der Waals surface area contributed by atoms with Crippen molar-refractivity contribution >= 4 is 44.3 Å². The van der Waals surface area contributed by atoms with E-state index >= 15 is 0 Å². The smallest absolute Gasteiger partial charge is 0.419 e. The van der Waals surface area contributed by atoms with Crippen LogP contribution in [0.4, 0.5) is 9.18 Å². The Morgan fingerprint density at radius 1 is 1.19 bits per heavy atom. The minimum absolute atomic E-state index is 0.112. The van der Waals surface area contributed by atoms with E-state index in [1.54, 1.807) is 29.8 Å². The summed E-state index contributed by atoms with van der Waals surface area (Å²) >= 11 is 5.20. The summed E-state index contributed by atoms with van der Waals surface area (Å²) in [5.41, 5.74) is 0.861. The number of aromatic nitrogens is 1. The maximum atomic E-state index is 15.0. The van der Waals surface area contributed by atoms with Crippen LogP contribution in [0.3, 0.4) is 0 Å². The highest BCUT2D eigenvalue weighted by Crippen LogP contribution is 2.45. The Hall–Kier alpha value is -1.70. The third kappa shape index (κ3) is 4.52. The summed E-state index contributed by atoms with van der Waals surface area (Å²) in [6, 6.07) is 11.9. The van der Waals surface area contributed by atoms with Crippen molar-refractivity contribution in [3.05, 3.63) is 56.3 Å². The lowest BCUT2D eigenvalue weighted by Gasteiger charge is -2.43. The summed E-state index contributed by atoms with van der Waals surface area (Å²) in [4.78, 5) is 16.8. The van der Waals surface area contributed by atoms with Gasteiger partial charge in [0.15, 0.2) is 0 Å². The molecule has 32 heavy (non-hydrogen) atoms. The van der Waals surface area contributed by atoms with Gasteiger partial charge in [-0.3, -0.25) is 4.90 Å². The number of carbonyl (C=O) groups excluding carboxylic acids is 1. The monoisotopic (exact) mass is 520 g/mol. The van der Waals surface area contributed by atoms with Gasteiger partial charge in [-0.1, -0.05) is 18.2 Å². The lowest BCUT2D eigenvalue weighted by molar-refractivity contribution is 0.0488. The highest BCUT2D eigenvalue weighted by molar-refractivity contribution is 9.11. The van der Waals surface area contributed by atoms with Crippen LogP contribution in [0.15, 0.2) is 40.2 Å². The summed E-state index contributed by atoms with van der Waals surface area (Å²) in [6.07, 6.45) is 0.342. The maximum absolute atomic E-state index is 15.0. The first-order valence-corrected chi connectivity index (χ1v) is 12.5. The molecule has 3 heterocycles. The first kappa shape index (κ1) is 23.5. The van der Waals surface area contributed by atoms with Gasteiger partial charge in [0, 0.05) is 22.8 Å². The molecule has 1 aromatic carbocycles. The van der Waals surface area contributed by atoms with Crippen molar-refractivity contribution in [2.45, 2.75) is 71.3 Å². The Bertz CT molecular complexity index is 1160. The number of hydrogen-bond acceptors (Lipinski definition) is 4. The van der Waals surface area contributed by atoms with E-state index < -0.39 is 17.4 Å². The minimum Gasteiger partial charge on any atom is -0.443 e. The van der Waals surface area contributed by atoms with Gasteiger partial charge in [0.25, 0.3) is 0 Å². The molecule has 0 saturated heterocycles. The second kappa shape index (κ2) is 8.26. The molecule has 0 aliphatic carbocycles. The Morgan fingerprint density at radius 2 is 1.88 bits per heavy atom. The standard InChI is InChI=1S/C25H30BrFN2O2S/c1-15-13-17-16-9-7-8-10-18(16)29(23(30)31-24(2,3)4)21(17)22(19-11-12-20(26)32-19)28(15)14-25(5,6)27/h7-12,15,22H,13-14H2,1-6H3/t15-,22-/m1/s1. The number of thiophene rings is 1. The number of nitrogens with zero attached hydrogens (tertiary/aromatic N) is 2. The molecule has 0 N–H and O–H groups in total. The van der Waals surface area contributed by atoms with Crippen molar-refractivity contribution < 1.29 is 13.9 Å². The quantitative estimate of drug-likeness (QED) is 0.362. The molecule has 2 aromatic heterocycles. The largest absolute Gasteiger partial charge is 0.443 e. The molecule has 2 atom stereocenters. The number of rotatable bonds is 3. The van der Waals surface area contributed by atoms with Crippen LogP contribution in [-0.2, 0) is 11.2 Å². The second-order valence-electron chi connectivity index (χ2n) is 10.2. The fourth-order valence-electron chi connectivity index (χ4n) is 4.61. The van der Waals surface area contributed by atoms with Gasteiger partial charge in [-0.15, -0.1) is 11.3 Å². The van der Waals surface area contributed by atoms with E-state index in [2.05, 4.69) is 39.9 Å². The number of para-hydroxylation sites is 1. The molecule has 0 fully saturated rings. The van der Waals surface area contributed by atoms with Crippen LogP contribution in [0.5, 0.6) is 0 Å². The topological polar surface area (TPSA) is 34.5 Å². The number of benzene rings is 1. The fraction of sp³-hybridized carbons (Fsp3) is 0.480. The number of alkyl halides is 1. The van der Waals surface area contributed by atoms with Gasteiger partial charge < -0.3 is 4.74 Å². The van der Waals surface area contributed by atoms with Gasteiger partial charge in [-0.25, -0.2) is 13.8 Å². The molecule has 1 aliphatic rings. The van der Waals surface area contributed by atoms with Crippen LogP contribution in [0.25, 0.3) is 10.9 Å². The van der Waals surface area contributed by atoms with Crippen molar-refractivity contribution in [3.8, 4) is 0 Å². The lowest BCUT2D eigenvalue weighted by atomic mass is 9.90. The molecule has 0 unspecified atom stereocenters. The molecule has 0 saturated carbocycles. The molecule has 0 radical (unpaired) electrons. The molecular formula is C25H30BrFN2O2S. The van der Waals surface area contributed by atoms with E-state index in [0.717, 1.165) is 37.2 Å². The molecule has 0 spiro atoms. The van der Waals surface area contributed by atoms with E-state index in [1.807, 2.05) is 45.0 Å². The molecule has 7 heteroatoms. The average molecular weight is 521 g/mol. The number of ether oxygens (including phenoxy) is 1. The van der Waals surface area contributed by atoms with Crippen LogP contribution in [-0.4, -0.2) is 39.4 Å². The Morgan fingerprint density at radius 3 is 2.47 bits per heavy atom. The van der Waals surface area contributed by atoms with Crippen molar-refractivity contribution in [3.63, 3.8) is 0 Å². The molecule has 1 aliphatic heterocycles. The number of halogens is 2. The van der Waals surface area contributed by atoms with Crippen molar-refractivity contribution in [1.82, 2.24) is 9.47 Å². The van der Waals surface area contributed by atoms with Crippen LogP contribution >= 0.6 is 27.3 Å². The van der Waals surface area contributed by atoms with Gasteiger partial charge in [0.05, 0.1) is 21.0 Å². The number of hydrogen-bond donors (Lipinski definition) is 0. The van der Waals surface area contributed by atoms with Crippen molar-refractivity contribution in [2.24, 2.45) is 0 Å². The molecule has 4 nitrogen and oxygen atoms in total.